The zero-order valence-electron chi connectivity index (χ0n) is 4.01. The molecule has 0 atom stereocenters. The molecular formula is C5H5NO. The fourth-order valence-electron chi connectivity index (χ4n) is 0.723. The van der Waals surface area contributed by atoms with E-state index in [1.807, 2.05) is 7.05 Å². The summed E-state index contributed by atoms with van der Waals surface area (Å²) in [5, 5.41) is 0. The van der Waals surface area contributed by atoms with Crippen LogP contribution in [0.4, 0.5) is 11.4 Å². The van der Waals surface area contributed by atoms with Crippen molar-refractivity contribution in [2.45, 2.75) is 0 Å². The van der Waals surface area contributed by atoms with Gasteiger partial charge in [0.25, 0.3) is 0 Å². The molecule has 0 bridgehead atoms. The third-order valence-corrected chi connectivity index (χ3v) is 1.29. The topological polar surface area (TPSA) is 16.1 Å². The first-order valence-electron chi connectivity index (χ1n) is 2.19. The van der Waals surface area contributed by atoms with Gasteiger partial charge in [0.05, 0.1) is 0 Å². The second kappa shape index (κ2) is 0.689. The zero-order valence-corrected chi connectivity index (χ0v) is 4.01. The molecule has 2 heteroatoms. The molecule has 1 aromatic heterocycles. The van der Waals surface area contributed by atoms with Crippen molar-refractivity contribution >= 4 is 11.4 Å². The molecule has 1 aliphatic heterocycles. The molecule has 0 fully saturated rings. The van der Waals surface area contributed by atoms with E-state index in [1.54, 1.807) is 12.5 Å². The standard InChI is InChI=1S/C5H5NO/c1-6-4-2-7-3-5(4)6/h2-3H,1H3. The Balaban J connectivity index is 2.60. The molecule has 0 aliphatic carbocycles. The Morgan fingerprint density at radius 3 is 2.29 bits per heavy atom. The van der Waals surface area contributed by atoms with Crippen molar-refractivity contribution in [3.63, 3.8) is 0 Å². The molecule has 0 radical (unpaired) electrons. The second-order valence-corrected chi connectivity index (χ2v) is 1.70. The molecule has 0 saturated carbocycles. The minimum Gasteiger partial charge on any atom is -0.468 e. The second-order valence-electron chi connectivity index (χ2n) is 1.70. The predicted octanol–water partition coefficient (Wildman–Crippen LogP) is 1.36. The summed E-state index contributed by atoms with van der Waals surface area (Å²) in [6, 6.07) is 0. The van der Waals surface area contributed by atoms with E-state index in [0.717, 1.165) is 0 Å². The lowest BCUT2D eigenvalue weighted by Crippen LogP contribution is -1.83. The van der Waals surface area contributed by atoms with Gasteiger partial charge < -0.3 is 9.32 Å². The average Bonchev–Trinajstić information content (AvgIpc) is 2.26. The molecule has 0 aromatic carbocycles. The maximum atomic E-state index is 4.81. The maximum Gasteiger partial charge on any atom is 0.116 e. The fraction of sp³-hybridized carbons (Fsp3) is 0.200. The van der Waals surface area contributed by atoms with Crippen molar-refractivity contribution in [1.82, 2.24) is 0 Å². The average molecular weight is 95.1 g/mol. The van der Waals surface area contributed by atoms with E-state index in [-0.39, 0.29) is 0 Å². The van der Waals surface area contributed by atoms with Crippen molar-refractivity contribution in [2.24, 2.45) is 0 Å². The molecule has 1 aliphatic rings. The Morgan fingerprint density at radius 1 is 1.43 bits per heavy atom. The van der Waals surface area contributed by atoms with Crippen LogP contribution >= 0.6 is 0 Å². The zero-order chi connectivity index (χ0) is 4.85. The monoisotopic (exact) mass is 95.0 g/mol. The van der Waals surface area contributed by atoms with Crippen molar-refractivity contribution in [1.29, 1.82) is 0 Å². The summed E-state index contributed by atoms with van der Waals surface area (Å²) >= 11 is 0. The lowest BCUT2D eigenvalue weighted by Gasteiger charge is -1.84. The third kappa shape index (κ3) is 0.212. The molecule has 2 rings (SSSR count). The van der Waals surface area contributed by atoms with Crippen LogP contribution < -0.4 is 4.90 Å². The molecule has 0 spiro atoms. The van der Waals surface area contributed by atoms with E-state index in [9.17, 15) is 0 Å². The lowest BCUT2D eigenvalue weighted by atomic mass is 10.7. The number of hydrogen-bond acceptors (Lipinski definition) is 2. The first-order chi connectivity index (χ1) is 3.39. The summed E-state index contributed by atoms with van der Waals surface area (Å²) in [5.41, 5.74) is 2.44. The van der Waals surface area contributed by atoms with Gasteiger partial charge in [-0.15, -0.1) is 0 Å². The van der Waals surface area contributed by atoms with Gasteiger partial charge in [0.1, 0.15) is 23.9 Å². The summed E-state index contributed by atoms with van der Waals surface area (Å²) in [6.45, 7) is 0. The van der Waals surface area contributed by atoms with Gasteiger partial charge in [0.15, 0.2) is 0 Å². The fourth-order valence-corrected chi connectivity index (χ4v) is 0.723. The summed E-state index contributed by atoms with van der Waals surface area (Å²) in [5.74, 6) is 0. The van der Waals surface area contributed by atoms with Gasteiger partial charge in [0, 0.05) is 7.05 Å². The summed E-state index contributed by atoms with van der Waals surface area (Å²) in [7, 11) is 2.01. The van der Waals surface area contributed by atoms with E-state index in [1.165, 1.54) is 11.4 Å². The highest BCUT2D eigenvalue weighted by atomic mass is 16.3. The Hall–Kier alpha value is -0.920. The lowest BCUT2D eigenvalue weighted by molar-refractivity contribution is 0.563. The molecule has 1 aromatic rings. The van der Waals surface area contributed by atoms with Crippen LogP contribution in [-0.2, 0) is 0 Å². The number of furan rings is 1. The van der Waals surface area contributed by atoms with Gasteiger partial charge in [-0.2, -0.15) is 0 Å². The van der Waals surface area contributed by atoms with E-state index in [4.69, 9.17) is 4.42 Å². The number of hydrogen-bond donors (Lipinski definition) is 0. The normalized spacial score (nSPS) is 14.1. The number of anilines is 2. The van der Waals surface area contributed by atoms with Crippen LogP contribution in [0.3, 0.4) is 0 Å². The smallest absolute Gasteiger partial charge is 0.116 e. The van der Waals surface area contributed by atoms with Gasteiger partial charge in [-0.3, -0.25) is 0 Å². The highest BCUT2D eigenvalue weighted by Crippen LogP contribution is 2.46. The van der Waals surface area contributed by atoms with Crippen molar-refractivity contribution in [3.8, 4) is 0 Å². The Kier molecular flexibility index (Phi) is 0.308. The largest absolute Gasteiger partial charge is 0.468 e. The molecular weight excluding hydrogens is 90.1 g/mol. The van der Waals surface area contributed by atoms with Crippen molar-refractivity contribution in [3.05, 3.63) is 12.5 Å². The minimum atomic E-state index is 1.22. The molecule has 0 unspecified atom stereocenters. The number of nitrogens with zero attached hydrogens (tertiary/aromatic N) is 1. The molecule has 0 amide bonds. The molecule has 0 N–H and O–H groups in total. The van der Waals surface area contributed by atoms with E-state index in [0.29, 0.717) is 0 Å². The highest BCUT2D eigenvalue weighted by molar-refractivity contribution is 5.90. The SMILES string of the molecule is CN1c2cocc21. The van der Waals surface area contributed by atoms with Crippen LogP contribution in [0.5, 0.6) is 0 Å². The van der Waals surface area contributed by atoms with Gasteiger partial charge in [-0.25, -0.2) is 0 Å². The van der Waals surface area contributed by atoms with Gasteiger partial charge in [-0.1, -0.05) is 0 Å². The minimum absolute atomic E-state index is 1.22. The molecule has 0 saturated heterocycles. The summed E-state index contributed by atoms with van der Waals surface area (Å²) in [6.07, 6.45) is 3.49. The first kappa shape index (κ1) is 3.13. The van der Waals surface area contributed by atoms with E-state index >= 15 is 0 Å². The van der Waals surface area contributed by atoms with Crippen molar-refractivity contribution < 1.29 is 4.42 Å². The number of fused-ring (bicyclic) bond motifs is 1. The maximum absolute atomic E-state index is 4.81. The summed E-state index contributed by atoms with van der Waals surface area (Å²) < 4.78 is 4.81. The Bertz CT molecular complexity index is 173. The highest BCUT2D eigenvalue weighted by Gasteiger charge is 2.26. The van der Waals surface area contributed by atoms with Gasteiger partial charge >= 0.3 is 0 Å². The third-order valence-electron chi connectivity index (χ3n) is 1.29. The number of rotatable bonds is 0. The van der Waals surface area contributed by atoms with Crippen LogP contribution in [0.1, 0.15) is 0 Å². The molecule has 7 heavy (non-hydrogen) atoms. The van der Waals surface area contributed by atoms with Crippen LogP contribution in [0.2, 0.25) is 0 Å². The molecule has 2 nitrogen and oxygen atoms in total. The van der Waals surface area contributed by atoms with E-state index < -0.39 is 0 Å². The van der Waals surface area contributed by atoms with Gasteiger partial charge in [-0.05, 0) is 0 Å². The quantitative estimate of drug-likeness (QED) is 0.452. The van der Waals surface area contributed by atoms with Crippen molar-refractivity contribution in [2.75, 3.05) is 11.9 Å². The van der Waals surface area contributed by atoms with Gasteiger partial charge in [0.2, 0.25) is 0 Å². The van der Waals surface area contributed by atoms with Crippen LogP contribution in [0.15, 0.2) is 16.9 Å². The summed E-state index contributed by atoms with van der Waals surface area (Å²) in [4.78, 5) is 2.07. The predicted molar refractivity (Wildman–Crippen MR) is 26.8 cm³/mol. The Morgan fingerprint density at radius 2 is 2.00 bits per heavy atom. The van der Waals surface area contributed by atoms with E-state index in [2.05, 4.69) is 4.90 Å². The van der Waals surface area contributed by atoms with Crippen LogP contribution in [0, 0.1) is 0 Å². The molecule has 2 heterocycles. The first-order valence-corrected chi connectivity index (χ1v) is 2.19. The molecule has 36 valence electrons. The van der Waals surface area contributed by atoms with Crippen LogP contribution in [-0.4, -0.2) is 7.05 Å². The Labute approximate surface area is 41.3 Å². The van der Waals surface area contributed by atoms with Crippen LogP contribution in [0.25, 0.3) is 0 Å².